The van der Waals surface area contributed by atoms with Crippen LogP contribution in [0.1, 0.15) is 18.9 Å². The maximum atomic E-state index is 12.1. The molecule has 1 N–H and O–H groups in total. The number of anilines is 1. The normalized spacial score (nSPS) is 19.4. The lowest BCUT2D eigenvalue weighted by Gasteiger charge is -2.22. The molecular formula is C14H17N3O2. The molecule has 1 aliphatic heterocycles. The van der Waals surface area contributed by atoms with Crippen LogP contribution in [-0.2, 0) is 4.74 Å². The van der Waals surface area contributed by atoms with Crippen LogP contribution in [0, 0.1) is 11.3 Å². The second kappa shape index (κ2) is 6.21. The summed E-state index contributed by atoms with van der Waals surface area (Å²) in [6, 6.07) is 8.75. The monoisotopic (exact) mass is 259 g/mol. The fourth-order valence-corrected chi connectivity index (χ4v) is 2.01. The highest BCUT2D eigenvalue weighted by Gasteiger charge is 2.19. The third-order valence-electron chi connectivity index (χ3n) is 3.00. The van der Waals surface area contributed by atoms with Gasteiger partial charge in [0, 0.05) is 25.4 Å². The number of rotatable bonds is 1. The van der Waals surface area contributed by atoms with E-state index in [1.54, 1.807) is 29.2 Å². The first kappa shape index (κ1) is 13.4. The summed E-state index contributed by atoms with van der Waals surface area (Å²) >= 11 is 0. The number of ether oxygens (including phenoxy) is 1. The molecular weight excluding hydrogens is 242 g/mol. The molecule has 19 heavy (non-hydrogen) atoms. The average molecular weight is 259 g/mol. The molecule has 2 amide bonds. The number of hydrogen-bond acceptors (Lipinski definition) is 3. The summed E-state index contributed by atoms with van der Waals surface area (Å²) in [5, 5.41) is 11.5. The zero-order chi connectivity index (χ0) is 13.7. The minimum absolute atomic E-state index is 0.0641. The molecule has 1 atom stereocenters. The Hall–Kier alpha value is -2.06. The SMILES string of the molecule is CC1CN(C(=O)Nc2ccc(C#N)cc2)CCCO1. The van der Waals surface area contributed by atoms with Crippen molar-refractivity contribution < 1.29 is 9.53 Å². The molecule has 5 heteroatoms. The van der Waals surface area contributed by atoms with Crippen molar-refractivity contribution in [2.45, 2.75) is 19.4 Å². The summed E-state index contributed by atoms with van der Waals surface area (Å²) in [6.07, 6.45) is 0.916. The van der Waals surface area contributed by atoms with Crippen molar-refractivity contribution in [1.82, 2.24) is 4.90 Å². The number of amides is 2. The average Bonchev–Trinajstić information content (AvgIpc) is 2.64. The van der Waals surface area contributed by atoms with Crippen molar-refractivity contribution in [3.8, 4) is 6.07 Å². The van der Waals surface area contributed by atoms with E-state index < -0.39 is 0 Å². The number of carbonyl (C=O) groups is 1. The minimum atomic E-state index is -0.123. The summed E-state index contributed by atoms with van der Waals surface area (Å²) in [6.45, 7) is 3.96. The number of carbonyl (C=O) groups excluding carboxylic acids is 1. The fourth-order valence-electron chi connectivity index (χ4n) is 2.01. The number of nitrogens with one attached hydrogen (secondary N) is 1. The Morgan fingerprint density at radius 2 is 2.21 bits per heavy atom. The van der Waals surface area contributed by atoms with Crippen LogP contribution in [-0.4, -0.2) is 36.7 Å². The van der Waals surface area contributed by atoms with Gasteiger partial charge in [0.1, 0.15) is 0 Å². The van der Waals surface area contributed by atoms with Gasteiger partial charge in [0.25, 0.3) is 0 Å². The van der Waals surface area contributed by atoms with Crippen molar-refractivity contribution in [3.63, 3.8) is 0 Å². The number of hydrogen-bond donors (Lipinski definition) is 1. The number of nitriles is 1. The molecule has 100 valence electrons. The third-order valence-corrected chi connectivity index (χ3v) is 3.00. The van der Waals surface area contributed by atoms with Crippen molar-refractivity contribution in [2.75, 3.05) is 25.0 Å². The van der Waals surface area contributed by atoms with E-state index in [2.05, 4.69) is 5.32 Å². The zero-order valence-corrected chi connectivity index (χ0v) is 10.9. The first-order valence-corrected chi connectivity index (χ1v) is 6.37. The van der Waals surface area contributed by atoms with Gasteiger partial charge in [0.15, 0.2) is 0 Å². The van der Waals surface area contributed by atoms with E-state index in [-0.39, 0.29) is 12.1 Å². The molecule has 1 saturated heterocycles. The van der Waals surface area contributed by atoms with E-state index >= 15 is 0 Å². The van der Waals surface area contributed by atoms with Crippen molar-refractivity contribution >= 4 is 11.7 Å². The summed E-state index contributed by atoms with van der Waals surface area (Å²) in [5.74, 6) is 0. The maximum absolute atomic E-state index is 12.1. The first-order chi connectivity index (χ1) is 9.19. The van der Waals surface area contributed by atoms with Crippen LogP contribution in [0.15, 0.2) is 24.3 Å². The van der Waals surface area contributed by atoms with Crippen LogP contribution in [0.3, 0.4) is 0 Å². The molecule has 2 rings (SSSR count). The van der Waals surface area contributed by atoms with Gasteiger partial charge < -0.3 is 15.0 Å². The smallest absolute Gasteiger partial charge is 0.321 e. The molecule has 1 fully saturated rings. The van der Waals surface area contributed by atoms with Crippen LogP contribution in [0.25, 0.3) is 0 Å². The van der Waals surface area contributed by atoms with Crippen molar-refractivity contribution in [2.24, 2.45) is 0 Å². The molecule has 1 aliphatic rings. The van der Waals surface area contributed by atoms with Gasteiger partial charge in [-0.15, -0.1) is 0 Å². The van der Waals surface area contributed by atoms with Crippen LogP contribution >= 0.6 is 0 Å². The maximum Gasteiger partial charge on any atom is 0.321 e. The van der Waals surface area contributed by atoms with Gasteiger partial charge in [-0.1, -0.05) is 0 Å². The predicted octanol–water partition coefficient (Wildman–Crippen LogP) is 2.20. The summed E-state index contributed by atoms with van der Waals surface area (Å²) in [4.78, 5) is 13.9. The standard InChI is InChI=1S/C14H17N3O2/c1-11-10-17(7-2-8-19-11)14(18)16-13-5-3-12(9-15)4-6-13/h3-6,11H,2,7-8,10H2,1H3,(H,16,18). The molecule has 0 bridgehead atoms. The van der Waals surface area contributed by atoms with E-state index in [9.17, 15) is 4.79 Å². The van der Waals surface area contributed by atoms with Gasteiger partial charge in [-0.3, -0.25) is 0 Å². The summed E-state index contributed by atoms with van der Waals surface area (Å²) < 4.78 is 5.51. The Morgan fingerprint density at radius 3 is 2.89 bits per heavy atom. The Bertz CT molecular complexity index is 478. The lowest BCUT2D eigenvalue weighted by atomic mass is 10.2. The quantitative estimate of drug-likeness (QED) is 0.840. The molecule has 1 heterocycles. The van der Waals surface area contributed by atoms with Crippen molar-refractivity contribution in [3.05, 3.63) is 29.8 Å². The van der Waals surface area contributed by atoms with E-state index in [1.165, 1.54) is 0 Å². The summed E-state index contributed by atoms with van der Waals surface area (Å²) in [7, 11) is 0. The van der Waals surface area contributed by atoms with Crippen molar-refractivity contribution in [1.29, 1.82) is 5.26 Å². The highest BCUT2D eigenvalue weighted by molar-refractivity contribution is 5.89. The van der Waals surface area contributed by atoms with E-state index in [0.29, 0.717) is 30.9 Å². The molecule has 0 aromatic heterocycles. The Morgan fingerprint density at radius 1 is 1.47 bits per heavy atom. The van der Waals surface area contributed by atoms with Gasteiger partial charge in [-0.25, -0.2) is 4.79 Å². The van der Waals surface area contributed by atoms with E-state index in [4.69, 9.17) is 10.00 Å². The molecule has 1 aromatic carbocycles. The lowest BCUT2D eigenvalue weighted by Crippen LogP contribution is -2.38. The van der Waals surface area contributed by atoms with Crippen LogP contribution in [0.2, 0.25) is 0 Å². The van der Waals surface area contributed by atoms with Crippen LogP contribution in [0.4, 0.5) is 10.5 Å². The van der Waals surface area contributed by atoms with Gasteiger partial charge in [-0.2, -0.15) is 5.26 Å². The number of nitrogens with zero attached hydrogens (tertiary/aromatic N) is 2. The second-order valence-corrected chi connectivity index (χ2v) is 4.60. The Balaban J connectivity index is 1.97. The van der Waals surface area contributed by atoms with Crippen LogP contribution < -0.4 is 5.32 Å². The molecule has 0 aliphatic carbocycles. The van der Waals surface area contributed by atoms with Gasteiger partial charge in [0.2, 0.25) is 0 Å². The van der Waals surface area contributed by atoms with Crippen LogP contribution in [0.5, 0.6) is 0 Å². The topological polar surface area (TPSA) is 65.4 Å². The van der Waals surface area contributed by atoms with Gasteiger partial charge >= 0.3 is 6.03 Å². The number of benzene rings is 1. The van der Waals surface area contributed by atoms with E-state index in [0.717, 1.165) is 6.42 Å². The molecule has 1 aromatic rings. The third kappa shape index (κ3) is 3.70. The lowest BCUT2D eigenvalue weighted by molar-refractivity contribution is 0.0718. The largest absolute Gasteiger partial charge is 0.377 e. The van der Waals surface area contributed by atoms with E-state index in [1.807, 2.05) is 13.0 Å². The fraction of sp³-hybridized carbons (Fsp3) is 0.429. The van der Waals surface area contributed by atoms with Gasteiger partial charge in [-0.05, 0) is 37.6 Å². The first-order valence-electron chi connectivity index (χ1n) is 6.37. The zero-order valence-electron chi connectivity index (χ0n) is 10.9. The molecule has 0 radical (unpaired) electrons. The molecule has 0 spiro atoms. The predicted molar refractivity (Wildman–Crippen MR) is 71.8 cm³/mol. The minimum Gasteiger partial charge on any atom is -0.377 e. The Kier molecular flexibility index (Phi) is 4.37. The second-order valence-electron chi connectivity index (χ2n) is 4.60. The molecule has 5 nitrogen and oxygen atoms in total. The number of urea groups is 1. The highest BCUT2D eigenvalue weighted by Crippen LogP contribution is 2.12. The van der Waals surface area contributed by atoms with Gasteiger partial charge in [0.05, 0.1) is 17.7 Å². The molecule has 1 unspecified atom stereocenters. The summed E-state index contributed by atoms with van der Waals surface area (Å²) in [5.41, 5.74) is 1.27. The molecule has 0 saturated carbocycles. The highest BCUT2D eigenvalue weighted by atomic mass is 16.5. The Labute approximate surface area is 112 Å².